The van der Waals surface area contributed by atoms with Crippen molar-refractivity contribution in [2.45, 2.75) is 25.8 Å². The molecule has 0 heterocycles. The van der Waals surface area contributed by atoms with Crippen LogP contribution in [0.15, 0.2) is 22.7 Å². The Hall–Kier alpha value is -0.850. The molecule has 1 aromatic rings. The van der Waals surface area contributed by atoms with Crippen LogP contribution in [0.4, 0.5) is 4.39 Å². The summed E-state index contributed by atoms with van der Waals surface area (Å²) in [5.41, 5.74) is 6.42. The molecule has 1 atom stereocenters. The number of nitrogens with two attached hydrogens (primary N) is 1. The predicted molar refractivity (Wildman–Crippen MR) is 63.7 cm³/mol. The van der Waals surface area contributed by atoms with E-state index in [0.29, 0.717) is 18.4 Å². The van der Waals surface area contributed by atoms with Gasteiger partial charge in [-0.2, -0.15) is 0 Å². The summed E-state index contributed by atoms with van der Waals surface area (Å²) in [4.78, 5) is 0. The van der Waals surface area contributed by atoms with Crippen LogP contribution in [0.2, 0.25) is 0 Å². The summed E-state index contributed by atoms with van der Waals surface area (Å²) in [6.07, 6.45) is 1.38. The van der Waals surface area contributed by atoms with Crippen molar-refractivity contribution < 1.29 is 4.39 Å². The summed E-state index contributed by atoms with van der Waals surface area (Å²) in [6, 6.07) is 4.66. The minimum atomic E-state index is -0.279. The highest BCUT2D eigenvalue weighted by Gasteiger charge is 2.10. The van der Waals surface area contributed by atoms with E-state index in [-0.39, 0.29) is 11.9 Å². The van der Waals surface area contributed by atoms with Crippen LogP contribution >= 0.6 is 15.9 Å². The molecule has 0 amide bonds. The zero-order valence-electron chi connectivity index (χ0n) is 8.56. The van der Waals surface area contributed by atoms with Gasteiger partial charge in [0.15, 0.2) is 0 Å². The molecule has 3 heteroatoms. The molecule has 80 valence electrons. The van der Waals surface area contributed by atoms with Crippen LogP contribution in [0.25, 0.3) is 0 Å². The number of benzene rings is 1. The highest BCUT2D eigenvalue weighted by molar-refractivity contribution is 9.10. The van der Waals surface area contributed by atoms with Gasteiger partial charge in [-0.15, -0.1) is 11.8 Å². The van der Waals surface area contributed by atoms with Crippen molar-refractivity contribution in [1.82, 2.24) is 0 Å². The first-order valence-electron chi connectivity index (χ1n) is 4.75. The van der Waals surface area contributed by atoms with Gasteiger partial charge in [-0.25, -0.2) is 4.39 Å². The molecule has 1 aromatic carbocycles. The van der Waals surface area contributed by atoms with Crippen LogP contribution in [0.3, 0.4) is 0 Å². The molecule has 1 nitrogen and oxygen atoms in total. The Morgan fingerprint density at radius 3 is 2.87 bits per heavy atom. The van der Waals surface area contributed by atoms with Gasteiger partial charge in [0.2, 0.25) is 0 Å². The van der Waals surface area contributed by atoms with Crippen molar-refractivity contribution in [3.63, 3.8) is 0 Å². The molecule has 0 aliphatic heterocycles. The van der Waals surface area contributed by atoms with E-state index in [1.165, 1.54) is 6.07 Å². The minimum absolute atomic E-state index is 0.263. The average molecular weight is 270 g/mol. The van der Waals surface area contributed by atoms with Crippen LogP contribution in [0.1, 0.15) is 31.4 Å². The van der Waals surface area contributed by atoms with Crippen LogP contribution in [-0.4, -0.2) is 0 Å². The normalized spacial score (nSPS) is 11.7. The topological polar surface area (TPSA) is 26.0 Å². The van der Waals surface area contributed by atoms with Crippen molar-refractivity contribution in [3.05, 3.63) is 34.1 Å². The van der Waals surface area contributed by atoms with Gasteiger partial charge >= 0.3 is 0 Å². The maximum Gasteiger partial charge on any atom is 0.129 e. The Morgan fingerprint density at radius 1 is 1.53 bits per heavy atom. The molecule has 0 bridgehead atoms. The zero-order chi connectivity index (χ0) is 11.3. The van der Waals surface area contributed by atoms with E-state index < -0.39 is 0 Å². The summed E-state index contributed by atoms with van der Waals surface area (Å²) in [7, 11) is 0. The molecule has 2 N–H and O–H groups in total. The first kappa shape index (κ1) is 12.2. The number of halogens is 2. The summed E-state index contributed by atoms with van der Waals surface area (Å²) in [5.74, 6) is 5.45. The first-order chi connectivity index (χ1) is 7.15. The fraction of sp³-hybridized carbons (Fsp3) is 0.333. The third kappa shape index (κ3) is 3.65. The Morgan fingerprint density at radius 2 is 2.27 bits per heavy atom. The molecular weight excluding hydrogens is 257 g/mol. The van der Waals surface area contributed by atoms with E-state index in [2.05, 4.69) is 27.8 Å². The molecule has 1 rings (SSSR count). The molecule has 0 radical (unpaired) electrons. The van der Waals surface area contributed by atoms with E-state index in [1.807, 2.05) is 0 Å². The Bertz CT molecular complexity index is 392. The summed E-state index contributed by atoms with van der Waals surface area (Å²) in [6.45, 7) is 1.78. The van der Waals surface area contributed by atoms with Crippen molar-refractivity contribution in [2.24, 2.45) is 5.73 Å². The molecular formula is C12H13BrFN. The third-order valence-corrected chi connectivity index (χ3v) is 2.61. The number of hydrogen-bond acceptors (Lipinski definition) is 1. The summed E-state index contributed by atoms with van der Waals surface area (Å²) in [5, 5.41) is 0. The van der Waals surface area contributed by atoms with Gasteiger partial charge in [-0.3, -0.25) is 0 Å². The molecule has 0 aliphatic rings. The van der Waals surface area contributed by atoms with Gasteiger partial charge in [0.05, 0.1) is 0 Å². The Balaban J connectivity index is 2.71. The second kappa shape index (κ2) is 5.89. The van der Waals surface area contributed by atoms with Crippen molar-refractivity contribution >= 4 is 15.9 Å². The number of hydrogen-bond donors (Lipinski definition) is 1. The third-order valence-electron chi connectivity index (χ3n) is 2.12. The van der Waals surface area contributed by atoms with E-state index in [9.17, 15) is 4.39 Å². The zero-order valence-corrected chi connectivity index (χ0v) is 10.1. The van der Waals surface area contributed by atoms with Crippen LogP contribution in [0.5, 0.6) is 0 Å². The summed E-state index contributed by atoms with van der Waals surface area (Å²) >= 11 is 3.21. The molecule has 0 spiro atoms. The van der Waals surface area contributed by atoms with Crippen molar-refractivity contribution in [2.75, 3.05) is 0 Å². The predicted octanol–water partition coefficient (Wildman–Crippen LogP) is 3.39. The lowest BCUT2D eigenvalue weighted by Crippen LogP contribution is -2.11. The first-order valence-corrected chi connectivity index (χ1v) is 5.54. The fourth-order valence-electron chi connectivity index (χ4n) is 1.31. The average Bonchev–Trinajstić information content (AvgIpc) is 2.17. The maximum absolute atomic E-state index is 13.5. The quantitative estimate of drug-likeness (QED) is 0.837. The van der Waals surface area contributed by atoms with Crippen LogP contribution in [0, 0.1) is 17.7 Å². The van der Waals surface area contributed by atoms with Gasteiger partial charge in [0.25, 0.3) is 0 Å². The van der Waals surface area contributed by atoms with Crippen LogP contribution < -0.4 is 5.73 Å². The maximum atomic E-state index is 13.5. The van der Waals surface area contributed by atoms with Crippen LogP contribution in [-0.2, 0) is 0 Å². The van der Waals surface area contributed by atoms with Gasteiger partial charge < -0.3 is 5.73 Å². The largest absolute Gasteiger partial charge is 0.324 e. The van der Waals surface area contributed by atoms with Crippen molar-refractivity contribution in [1.29, 1.82) is 0 Å². The monoisotopic (exact) mass is 269 g/mol. The van der Waals surface area contributed by atoms with E-state index in [4.69, 9.17) is 5.73 Å². The van der Waals surface area contributed by atoms with Crippen molar-refractivity contribution in [3.8, 4) is 11.8 Å². The van der Waals surface area contributed by atoms with E-state index in [1.54, 1.807) is 19.1 Å². The molecule has 0 saturated heterocycles. The van der Waals surface area contributed by atoms with Gasteiger partial charge in [-0.1, -0.05) is 22.0 Å². The Labute approximate surface area is 98.0 Å². The molecule has 1 unspecified atom stereocenters. The minimum Gasteiger partial charge on any atom is -0.324 e. The van der Waals surface area contributed by atoms with E-state index in [0.717, 1.165) is 4.47 Å². The lowest BCUT2D eigenvalue weighted by Gasteiger charge is -2.11. The molecule has 0 aromatic heterocycles. The highest BCUT2D eigenvalue weighted by atomic mass is 79.9. The van der Waals surface area contributed by atoms with Gasteiger partial charge in [0, 0.05) is 22.5 Å². The second-order valence-electron chi connectivity index (χ2n) is 3.24. The highest BCUT2D eigenvalue weighted by Crippen LogP contribution is 2.22. The lowest BCUT2D eigenvalue weighted by atomic mass is 10.0. The lowest BCUT2D eigenvalue weighted by molar-refractivity contribution is 0.567. The molecule has 0 saturated carbocycles. The van der Waals surface area contributed by atoms with Gasteiger partial charge in [0.1, 0.15) is 5.82 Å². The Kier molecular flexibility index (Phi) is 4.80. The molecule has 0 fully saturated rings. The molecule has 15 heavy (non-hydrogen) atoms. The SMILES string of the molecule is CC#CCCC(N)c1ccc(Br)cc1F. The van der Waals surface area contributed by atoms with E-state index >= 15 is 0 Å². The fourth-order valence-corrected chi connectivity index (χ4v) is 1.64. The second-order valence-corrected chi connectivity index (χ2v) is 4.15. The number of rotatable bonds is 3. The van der Waals surface area contributed by atoms with Gasteiger partial charge in [-0.05, 0) is 25.5 Å². The smallest absolute Gasteiger partial charge is 0.129 e. The molecule has 0 aliphatic carbocycles. The summed E-state index contributed by atoms with van der Waals surface area (Å²) < 4.78 is 14.2. The standard InChI is InChI=1S/C12H13BrFN/c1-2-3-4-5-12(15)10-7-6-9(13)8-11(10)14/h6-8,12H,4-5,15H2,1H3.